The first-order valence-electron chi connectivity index (χ1n) is 7.50. The van der Waals surface area contributed by atoms with Crippen molar-refractivity contribution in [2.45, 2.75) is 24.7 Å². The Kier molecular flexibility index (Phi) is 6.82. The molecular formula is C18H17ClFNO2S. The van der Waals surface area contributed by atoms with Crippen molar-refractivity contribution in [2.24, 2.45) is 0 Å². The van der Waals surface area contributed by atoms with Crippen LogP contribution >= 0.6 is 23.4 Å². The van der Waals surface area contributed by atoms with Gasteiger partial charge in [0.25, 0.3) is 0 Å². The van der Waals surface area contributed by atoms with Crippen molar-refractivity contribution in [1.29, 1.82) is 0 Å². The molecule has 0 saturated carbocycles. The number of ketones is 1. The largest absolute Gasteiger partial charge is 0.326 e. The van der Waals surface area contributed by atoms with Crippen LogP contribution in [0, 0.1) is 5.82 Å². The lowest BCUT2D eigenvalue weighted by Crippen LogP contribution is -2.10. The summed E-state index contributed by atoms with van der Waals surface area (Å²) >= 11 is 7.02. The Balaban J connectivity index is 1.92. The predicted molar refractivity (Wildman–Crippen MR) is 96.4 cm³/mol. The maximum atomic E-state index is 13.1. The summed E-state index contributed by atoms with van der Waals surface area (Å²) in [5, 5.41) is 2.81. The first kappa shape index (κ1) is 18.5. The van der Waals surface area contributed by atoms with E-state index < -0.39 is 5.82 Å². The molecule has 0 aliphatic rings. The van der Waals surface area contributed by atoms with Crippen LogP contribution in [-0.2, 0) is 4.79 Å². The summed E-state index contributed by atoms with van der Waals surface area (Å²) in [6, 6.07) is 11.2. The molecule has 1 amide bonds. The van der Waals surface area contributed by atoms with E-state index in [1.165, 1.54) is 23.9 Å². The highest BCUT2D eigenvalue weighted by molar-refractivity contribution is 8.00. The second kappa shape index (κ2) is 8.85. The Bertz CT molecular complexity index is 734. The topological polar surface area (TPSA) is 46.2 Å². The van der Waals surface area contributed by atoms with E-state index in [4.69, 9.17) is 11.6 Å². The van der Waals surface area contributed by atoms with Gasteiger partial charge < -0.3 is 5.32 Å². The lowest BCUT2D eigenvalue weighted by Gasteiger charge is -2.06. The predicted octanol–water partition coefficient (Wildman–Crippen LogP) is 5.19. The monoisotopic (exact) mass is 365 g/mol. The second-order valence-electron chi connectivity index (χ2n) is 5.16. The van der Waals surface area contributed by atoms with Gasteiger partial charge in [-0.15, -0.1) is 11.8 Å². The van der Waals surface area contributed by atoms with Gasteiger partial charge in [0, 0.05) is 22.6 Å². The molecule has 2 aromatic rings. The summed E-state index contributed by atoms with van der Waals surface area (Å²) in [5.41, 5.74) is 1.23. The highest BCUT2D eigenvalue weighted by Crippen LogP contribution is 2.25. The number of nitrogens with one attached hydrogen (secondary N) is 1. The number of Topliss-reactive ketones (excluding diaryl/α,β-unsaturated/α-hetero) is 1. The van der Waals surface area contributed by atoms with E-state index in [9.17, 15) is 14.0 Å². The van der Waals surface area contributed by atoms with Gasteiger partial charge in [0.1, 0.15) is 5.82 Å². The van der Waals surface area contributed by atoms with Gasteiger partial charge in [-0.1, -0.05) is 18.5 Å². The number of halogens is 2. The summed E-state index contributed by atoms with van der Waals surface area (Å²) < 4.78 is 13.1. The van der Waals surface area contributed by atoms with Gasteiger partial charge in [-0.2, -0.15) is 0 Å². The Morgan fingerprint density at radius 2 is 1.88 bits per heavy atom. The van der Waals surface area contributed by atoms with Crippen LogP contribution in [0.1, 0.15) is 30.1 Å². The summed E-state index contributed by atoms with van der Waals surface area (Å²) in [5.74, 6) is -0.344. The van der Waals surface area contributed by atoms with Crippen LogP contribution in [0.25, 0.3) is 0 Å². The first-order chi connectivity index (χ1) is 11.5. The van der Waals surface area contributed by atoms with Crippen molar-refractivity contribution in [1.82, 2.24) is 0 Å². The Morgan fingerprint density at radius 1 is 1.17 bits per heavy atom. The average molecular weight is 366 g/mol. The minimum absolute atomic E-state index is 0.0413. The van der Waals surface area contributed by atoms with Crippen molar-refractivity contribution < 1.29 is 14.0 Å². The van der Waals surface area contributed by atoms with Crippen molar-refractivity contribution in [3.8, 4) is 0 Å². The highest BCUT2D eigenvalue weighted by atomic mass is 35.5. The smallest absolute Gasteiger partial charge is 0.224 e. The molecule has 24 heavy (non-hydrogen) atoms. The number of carbonyl (C=O) groups is 2. The van der Waals surface area contributed by atoms with Crippen LogP contribution < -0.4 is 5.32 Å². The Labute approximate surface area is 149 Å². The third-order valence-corrected chi connectivity index (χ3v) is 4.51. The average Bonchev–Trinajstić information content (AvgIpc) is 2.56. The zero-order valence-corrected chi connectivity index (χ0v) is 14.7. The normalized spacial score (nSPS) is 10.5. The number of rotatable bonds is 7. The lowest BCUT2D eigenvalue weighted by atomic mass is 10.1. The van der Waals surface area contributed by atoms with Crippen molar-refractivity contribution in [3.05, 3.63) is 58.9 Å². The summed E-state index contributed by atoms with van der Waals surface area (Å²) in [4.78, 5) is 24.4. The molecule has 1 N–H and O–H groups in total. The number of anilines is 1. The van der Waals surface area contributed by atoms with Gasteiger partial charge in [-0.3, -0.25) is 9.59 Å². The molecule has 6 heteroatoms. The minimum Gasteiger partial charge on any atom is -0.326 e. The fourth-order valence-corrected chi connectivity index (χ4v) is 3.06. The molecular weight excluding hydrogens is 349 g/mol. The van der Waals surface area contributed by atoms with E-state index in [-0.39, 0.29) is 22.5 Å². The molecule has 2 aromatic carbocycles. The van der Waals surface area contributed by atoms with Crippen LogP contribution in [0.15, 0.2) is 47.4 Å². The number of carbonyl (C=O) groups excluding carboxylic acids is 2. The number of hydrogen-bond donors (Lipinski definition) is 1. The third kappa shape index (κ3) is 5.35. The third-order valence-electron chi connectivity index (χ3n) is 3.23. The quantitative estimate of drug-likeness (QED) is 0.542. The molecule has 0 heterocycles. The minimum atomic E-state index is -0.479. The Hall–Kier alpha value is -1.85. The molecule has 0 bridgehead atoms. The van der Waals surface area contributed by atoms with Crippen LogP contribution in [0.5, 0.6) is 0 Å². The van der Waals surface area contributed by atoms with E-state index in [0.717, 1.165) is 11.3 Å². The van der Waals surface area contributed by atoms with Gasteiger partial charge in [0.2, 0.25) is 5.91 Å². The fraction of sp³-hybridized carbons (Fsp3) is 0.222. The molecule has 3 nitrogen and oxygen atoms in total. The van der Waals surface area contributed by atoms with E-state index >= 15 is 0 Å². The molecule has 0 aromatic heterocycles. The van der Waals surface area contributed by atoms with Crippen molar-refractivity contribution >= 4 is 40.7 Å². The Morgan fingerprint density at radius 3 is 2.50 bits per heavy atom. The fourth-order valence-electron chi connectivity index (χ4n) is 1.99. The molecule has 0 radical (unpaired) electrons. The molecule has 2 rings (SSSR count). The zero-order chi connectivity index (χ0) is 17.5. The number of benzene rings is 2. The highest BCUT2D eigenvalue weighted by Gasteiger charge is 2.09. The van der Waals surface area contributed by atoms with Crippen LogP contribution in [-0.4, -0.2) is 17.4 Å². The molecule has 0 saturated heterocycles. The van der Waals surface area contributed by atoms with Gasteiger partial charge in [0.05, 0.1) is 10.8 Å². The van der Waals surface area contributed by atoms with Gasteiger partial charge in [-0.25, -0.2) is 4.39 Å². The molecule has 0 aliphatic heterocycles. The number of thioether (sulfide) groups is 1. The lowest BCUT2D eigenvalue weighted by molar-refractivity contribution is -0.116. The maximum absolute atomic E-state index is 13.1. The molecule has 0 unspecified atom stereocenters. The molecule has 0 fully saturated rings. The summed E-state index contributed by atoms with van der Waals surface area (Å²) in [6.45, 7) is 1.94. The first-order valence-corrected chi connectivity index (χ1v) is 8.87. The van der Waals surface area contributed by atoms with E-state index in [0.29, 0.717) is 17.7 Å². The molecule has 126 valence electrons. The standard InChI is InChI=1S/C18H17ClFNO2S/c1-2-3-18(23)21-13-6-4-12(5-7-13)17(22)11-24-14-8-9-16(20)15(19)10-14/h4-10H,2-3,11H2,1H3,(H,21,23). The SMILES string of the molecule is CCCC(=O)Nc1ccc(C(=O)CSc2ccc(F)c(Cl)c2)cc1. The molecule has 0 atom stereocenters. The number of hydrogen-bond acceptors (Lipinski definition) is 3. The molecule has 0 aliphatic carbocycles. The van der Waals surface area contributed by atoms with Crippen LogP contribution in [0.2, 0.25) is 5.02 Å². The van der Waals surface area contributed by atoms with E-state index in [2.05, 4.69) is 5.32 Å². The second-order valence-corrected chi connectivity index (χ2v) is 6.62. The van der Waals surface area contributed by atoms with Crippen molar-refractivity contribution in [2.75, 3.05) is 11.1 Å². The summed E-state index contributed by atoms with van der Waals surface area (Å²) in [6.07, 6.45) is 1.25. The summed E-state index contributed by atoms with van der Waals surface area (Å²) in [7, 11) is 0. The molecule has 0 spiro atoms. The van der Waals surface area contributed by atoms with E-state index in [1.807, 2.05) is 6.92 Å². The van der Waals surface area contributed by atoms with Gasteiger partial charge in [0.15, 0.2) is 5.78 Å². The van der Waals surface area contributed by atoms with Gasteiger partial charge >= 0.3 is 0 Å². The van der Waals surface area contributed by atoms with Crippen LogP contribution in [0.4, 0.5) is 10.1 Å². The maximum Gasteiger partial charge on any atom is 0.224 e. The van der Waals surface area contributed by atoms with E-state index in [1.54, 1.807) is 30.3 Å². The van der Waals surface area contributed by atoms with Crippen LogP contribution in [0.3, 0.4) is 0 Å². The zero-order valence-electron chi connectivity index (χ0n) is 13.1. The van der Waals surface area contributed by atoms with Crippen molar-refractivity contribution in [3.63, 3.8) is 0 Å². The number of amides is 1. The van der Waals surface area contributed by atoms with Gasteiger partial charge in [-0.05, 0) is 48.9 Å².